The zero-order valence-corrected chi connectivity index (χ0v) is 16.3. The van der Waals surface area contributed by atoms with Crippen LogP contribution in [0.15, 0.2) is 48.5 Å². The van der Waals surface area contributed by atoms with E-state index < -0.39 is 22.0 Å². The molecule has 0 aliphatic rings. The van der Waals surface area contributed by atoms with Gasteiger partial charge in [-0.3, -0.25) is 20.2 Å². The summed E-state index contributed by atoms with van der Waals surface area (Å²) in [5.41, 5.74) is -0.198. The van der Waals surface area contributed by atoms with Gasteiger partial charge >= 0.3 is 12.2 Å². The second-order valence-corrected chi connectivity index (χ2v) is 6.20. The number of unbranched alkanes of at least 4 members (excludes halogenated alkanes) is 2. The zero-order chi connectivity index (χ0) is 22.6. The lowest BCUT2D eigenvalue weighted by Crippen LogP contribution is -2.29. The van der Waals surface area contributed by atoms with E-state index in [9.17, 15) is 29.8 Å². The zero-order valence-electron chi connectivity index (χ0n) is 16.3. The fraction of sp³-hybridized carbons (Fsp3) is 0.263. The molecular formula is C19H20N4O8. The molecule has 0 fully saturated rings. The number of rotatable bonds is 10. The molecule has 2 aromatic rings. The number of benzene rings is 2. The first kappa shape index (κ1) is 23.1. The Morgan fingerprint density at radius 1 is 0.677 bits per heavy atom. The summed E-state index contributed by atoms with van der Waals surface area (Å²) in [6, 6.07) is 10.3. The molecule has 31 heavy (non-hydrogen) atoms. The first-order valence-electron chi connectivity index (χ1n) is 9.25. The highest BCUT2D eigenvalue weighted by molar-refractivity contribution is 5.70. The molecule has 2 N–H and O–H groups in total. The molecule has 0 aromatic heterocycles. The number of hydrogen-bond donors (Lipinski definition) is 2. The molecule has 0 saturated heterocycles. The van der Waals surface area contributed by atoms with Crippen LogP contribution in [0.5, 0.6) is 11.5 Å². The molecule has 0 radical (unpaired) electrons. The Morgan fingerprint density at radius 2 is 1.03 bits per heavy atom. The highest BCUT2D eigenvalue weighted by Crippen LogP contribution is 2.18. The van der Waals surface area contributed by atoms with Gasteiger partial charge in [-0.05, 0) is 43.5 Å². The van der Waals surface area contributed by atoms with Crippen LogP contribution in [0.2, 0.25) is 0 Å². The number of carbonyl (C=O) groups is 2. The van der Waals surface area contributed by atoms with E-state index in [0.29, 0.717) is 25.9 Å². The Balaban J connectivity index is 1.53. The molecule has 0 bridgehead atoms. The highest BCUT2D eigenvalue weighted by Gasteiger charge is 2.09. The fourth-order valence-electron chi connectivity index (χ4n) is 2.37. The van der Waals surface area contributed by atoms with Crippen molar-refractivity contribution in [2.75, 3.05) is 13.1 Å². The van der Waals surface area contributed by atoms with E-state index in [1.807, 2.05) is 0 Å². The van der Waals surface area contributed by atoms with E-state index in [4.69, 9.17) is 9.47 Å². The Bertz CT molecular complexity index is 840. The van der Waals surface area contributed by atoms with Crippen molar-refractivity contribution in [3.05, 3.63) is 68.8 Å². The minimum atomic E-state index is -0.668. The lowest BCUT2D eigenvalue weighted by molar-refractivity contribution is -0.385. The van der Waals surface area contributed by atoms with Gasteiger partial charge in [0.05, 0.1) is 9.85 Å². The van der Waals surface area contributed by atoms with Crippen molar-refractivity contribution in [2.45, 2.75) is 19.3 Å². The van der Waals surface area contributed by atoms with E-state index >= 15 is 0 Å². The summed E-state index contributed by atoms with van der Waals surface area (Å²) in [5, 5.41) is 26.3. The number of nitro groups is 2. The second kappa shape index (κ2) is 11.7. The van der Waals surface area contributed by atoms with Crippen LogP contribution in [0.3, 0.4) is 0 Å². The average molecular weight is 432 g/mol. The van der Waals surface area contributed by atoms with Gasteiger partial charge in [-0.15, -0.1) is 0 Å². The minimum Gasteiger partial charge on any atom is -0.410 e. The van der Waals surface area contributed by atoms with Gasteiger partial charge in [0.25, 0.3) is 11.4 Å². The SMILES string of the molecule is O=C(NCCCCCNC(=O)Oc1ccc([N+](=O)[O-])cc1)Oc1ccc([N+](=O)[O-])cc1. The molecule has 2 rings (SSSR count). The Labute approximate surface area is 176 Å². The first-order chi connectivity index (χ1) is 14.8. The van der Waals surface area contributed by atoms with Crippen molar-refractivity contribution in [3.8, 4) is 11.5 Å². The van der Waals surface area contributed by atoms with Crippen molar-refractivity contribution in [3.63, 3.8) is 0 Å². The van der Waals surface area contributed by atoms with Gasteiger partial charge in [-0.25, -0.2) is 9.59 Å². The summed E-state index contributed by atoms with van der Waals surface area (Å²) in [4.78, 5) is 43.4. The van der Waals surface area contributed by atoms with E-state index in [2.05, 4.69) is 10.6 Å². The van der Waals surface area contributed by atoms with Gasteiger partial charge < -0.3 is 20.1 Å². The standard InChI is InChI=1S/C19H20N4O8/c24-18(30-16-8-4-14(5-9-16)22(26)27)20-12-2-1-3-13-21-19(25)31-17-10-6-15(7-11-17)23(28)29/h4-11H,1-3,12-13H2,(H,20,24)(H,21,25). The van der Waals surface area contributed by atoms with Gasteiger partial charge in [0.1, 0.15) is 11.5 Å². The summed E-state index contributed by atoms with van der Waals surface area (Å²) in [6.07, 6.45) is 0.677. The largest absolute Gasteiger partial charge is 0.412 e. The molecule has 12 nitrogen and oxygen atoms in total. The minimum absolute atomic E-state index is 0.0991. The number of carbonyl (C=O) groups excluding carboxylic acids is 2. The van der Waals surface area contributed by atoms with Crippen LogP contribution in [0.1, 0.15) is 19.3 Å². The number of hydrogen-bond acceptors (Lipinski definition) is 8. The van der Waals surface area contributed by atoms with Crippen LogP contribution in [0.4, 0.5) is 21.0 Å². The number of ether oxygens (including phenoxy) is 2. The van der Waals surface area contributed by atoms with E-state index in [0.717, 1.165) is 6.42 Å². The molecule has 164 valence electrons. The summed E-state index contributed by atoms with van der Waals surface area (Å²) < 4.78 is 10.0. The summed E-state index contributed by atoms with van der Waals surface area (Å²) >= 11 is 0. The van der Waals surface area contributed by atoms with Crippen molar-refractivity contribution in [1.29, 1.82) is 0 Å². The Kier molecular flexibility index (Phi) is 8.71. The van der Waals surface area contributed by atoms with Crippen molar-refractivity contribution >= 4 is 23.6 Å². The quantitative estimate of drug-likeness (QED) is 0.327. The molecule has 12 heteroatoms. The number of amides is 2. The lowest BCUT2D eigenvalue weighted by atomic mass is 10.2. The molecule has 0 unspecified atom stereocenters. The van der Waals surface area contributed by atoms with Crippen molar-refractivity contribution in [2.24, 2.45) is 0 Å². The van der Waals surface area contributed by atoms with Crippen LogP contribution >= 0.6 is 0 Å². The average Bonchev–Trinajstić information content (AvgIpc) is 2.73. The highest BCUT2D eigenvalue weighted by atomic mass is 16.6. The van der Waals surface area contributed by atoms with Crippen LogP contribution in [-0.2, 0) is 0 Å². The molecule has 0 aliphatic carbocycles. The molecule has 0 spiro atoms. The molecule has 0 atom stereocenters. The van der Waals surface area contributed by atoms with E-state index in [-0.39, 0.29) is 22.9 Å². The van der Waals surface area contributed by atoms with E-state index in [1.165, 1.54) is 48.5 Å². The van der Waals surface area contributed by atoms with Crippen LogP contribution in [0, 0.1) is 20.2 Å². The number of nitrogens with one attached hydrogen (secondary N) is 2. The Morgan fingerprint density at radius 3 is 1.35 bits per heavy atom. The third kappa shape index (κ3) is 8.35. The third-order valence-corrected chi connectivity index (χ3v) is 3.91. The number of nitrogens with zero attached hydrogens (tertiary/aromatic N) is 2. The Hall–Kier alpha value is -4.22. The molecule has 2 amide bonds. The third-order valence-electron chi connectivity index (χ3n) is 3.91. The van der Waals surface area contributed by atoms with Gasteiger partial charge in [0, 0.05) is 37.4 Å². The summed E-state index contributed by atoms with van der Waals surface area (Å²) in [7, 11) is 0. The summed E-state index contributed by atoms with van der Waals surface area (Å²) in [6.45, 7) is 0.720. The molecular weight excluding hydrogens is 412 g/mol. The second-order valence-electron chi connectivity index (χ2n) is 6.20. The molecule has 0 saturated carbocycles. The van der Waals surface area contributed by atoms with Crippen LogP contribution in [-0.4, -0.2) is 35.1 Å². The smallest absolute Gasteiger partial charge is 0.410 e. The maximum absolute atomic E-state index is 11.7. The van der Waals surface area contributed by atoms with Crippen molar-refractivity contribution < 1.29 is 28.9 Å². The molecule has 2 aromatic carbocycles. The summed E-state index contributed by atoms with van der Waals surface area (Å²) in [5.74, 6) is 0.387. The fourth-order valence-corrected chi connectivity index (χ4v) is 2.37. The maximum atomic E-state index is 11.7. The van der Waals surface area contributed by atoms with Gasteiger partial charge in [-0.2, -0.15) is 0 Å². The normalized spacial score (nSPS) is 10.1. The molecule has 0 heterocycles. The van der Waals surface area contributed by atoms with E-state index in [1.54, 1.807) is 0 Å². The monoisotopic (exact) mass is 432 g/mol. The number of nitro benzene ring substituents is 2. The van der Waals surface area contributed by atoms with Gasteiger partial charge in [0.15, 0.2) is 0 Å². The maximum Gasteiger partial charge on any atom is 0.412 e. The van der Waals surface area contributed by atoms with Gasteiger partial charge in [0.2, 0.25) is 0 Å². The topological polar surface area (TPSA) is 163 Å². The molecule has 0 aliphatic heterocycles. The van der Waals surface area contributed by atoms with Gasteiger partial charge in [-0.1, -0.05) is 0 Å². The predicted octanol–water partition coefficient (Wildman–Crippen LogP) is 3.55. The number of non-ortho nitro benzene ring substituents is 2. The van der Waals surface area contributed by atoms with Crippen molar-refractivity contribution in [1.82, 2.24) is 10.6 Å². The van der Waals surface area contributed by atoms with Crippen LogP contribution in [0.25, 0.3) is 0 Å². The first-order valence-corrected chi connectivity index (χ1v) is 9.25. The van der Waals surface area contributed by atoms with Crippen LogP contribution < -0.4 is 20.1 Å². The lowest BCUT2D eigenvalue weighted by Gasteiger charge is -2.08. The predicted molar refractivity (Wildman–Crippen MR) is 108 cm³/mol.